The smallest absolute Gasteiger partial charge is 0.393 e. The van der Waals surface area contributed by atoms with Crippen LogP contribution in [0.5, 0.6) is 0 Å². The molecule has 0 aromatic carbocycles. The van der Waals surface area contributed by atoms with Crippen molar-refractivity contribution in [3.63, 3.8) is 0 Å². The zero-order valence-corrected chi connectivity index (χ0v) is 11.8. The van der Waals surface area contributed by atoms with E-state index in [-0.39, 0.29) is 24.1 Å². The largest absolute Gasteiger partial charge is 0.466 e. The van der Waals surface area contributed by atoms with Gasteiger partial charge in [-0.1, -0.05) is 0 Å². The van der Waals surface area contributed by atoms with Gasteiger partial charge in [0, 0.05) is 11.9 Å². The lowest BCUT2D eigenvalue weighted by atomic mass is 10.5. The van der Waals surface area contributed by atoms with Gasteiger partial charge in [0.25, 0.3) is 0 Å². The fraction of sp³-hybridized carbons (Fsp3) is 0.500. The molecule has 20 heavy (non-hydrogen) atoms. The summed E-state index contributed by atoms with van der Waals surface area (Å²) < 4.78 is 15.7. The van der Waals surface area contributed by atoms with E-state index in [9.17, 15) is 4.79 Å². The minimum atomic E-state index is -4.64. The minimum Gasteiger partial charge on any atom is -0.393 e. The molecule has 2 rings (SSSR count). The van der Waals surface area contributed by atoms with E-state index in [1.54, 1.807) is 12.3 Å². The van der Waals surface area contributed by atoms with Crippen molar-refractivity contribution in [1.82, 2.24) is 9.55 Å². The number of anilines is 1. The van der Waals surface area contributed by atoms with E-state index in [1.165, 1.54) is 16.3 Å². The highest BCUT2D eigenvalue weighted by atomic mass is 32.2. The molecule has 0 bridgehead atoms. The summed E-state index contributed by atoms with van der Waals surface area (Å²) in [6.07, 6.45) is 1.18. The number of nitrogens with zero attached hydrogens (tertiary/aromatic N) is 2. The molecule has 2 heterocycles. The lowest BCUT2D eigenvalue weighted by Gasteiger charge is -2.13. The van der Waals surface area contributed by atoms with Gasteiger partial charge in [0.2, 0.25) is 0 Å². The highest BCUT2D eigenvalue weighted by Gasteiger charge is 2.27. The summed E-state index contributed by atoms with van der Waals surface area (Å²) in [6.45, 7) is -0.0572. The standard InChI is InChI=1S/C8H11N3O3S.H3O4P/c9-5-1-2-11(8(13)10-5)6-4-15-7(3-12)14-6;1-5(2,3)4/h1-2,6-7,12H,3-4H2,(H2,9,10,13);(H3,1,2,3,4)/t6-,7+;/m1./s1. The maximum Gasteiger partial charge on any atom is 0.466 e. The Morgan fingerprint density at radius 2 is 2.15 bits per heavy atom. The van der Waals surface area contributed by atoms with Crippen LogP contribution < -0.4 is 11.4 Å². The fourth-order valence-corrected chi connectivity index (χ4v) is 2.26. The molecule has 0 amide bonds. The Labute approximate surface area is 117 Å². The van der Waals surface area contributed by atoms with E-state index in [0.717, 1.165) is 0 Å². The molecular weight excluding hydrogens is 313 g/mol. The van der Waals surface area contributed by atoms with Crippen molar-refractivity contribution in [3.05, 3.63) is 22.7 Å². The van der Waals surface area contributed by atoms with Crippen molar-refractivity contribution in [1.29, 1.82) is 0 Å². The third-order valence-corrected chi connectivity index (χ3v) is 3.15. The van der Waals surface area contributed by atoms with Crippen LogP contribution in [0.3, 0.4) is 0 Å². The molecule has 1 aliphatic heterocycles. The maximum absolute atomic E-state index is 11.4. The lowest BCUT2D eigenvalue weighted by Crippen LogP contribution is -2.28. The van der Waals surface area contributed by atoms with Gasteiger partial charge < -0.3 is 30.3 Å². The molecule has 6 N–H and O–H groups in total. The number of aliphatic hydroxyl groups is 1. The number of rotatable bonds is 2. The number of phosphoric acid groups is 1. The number of nitrogens with two attached hydrogens (primary N) is 1. The zero-order valence-electron chi connectivity index (χ0n) is 10.1. The molecule has 10 nitrogen and oxygen atoms in total. The highest BCUT2D eigenvalue weighted by molar-refractivity contribution is 8.00. The first-order chi connectivity index (χ1) is 9.20. The van der Waals surface area contributed by atoms with Crippen LogP contribution in [0.1, 0.15) is 6.23 Å². The normalized spacial score (nSPS) is 22.2. The SMILES string of the molecule is Nc1ccn([C@H]2CS[C@@H](CO)O2)c(=O)n1.O=P(O)(O)O. The molecule has 1 fully saturated rings. The van der Waals surface area contributed by atoms with Crippen molar-refractivity contribution in [3.8, 4) is 0 Å². The van der Waals surface area contributed by atoms with Gasteiger partial charge in [0.1, 0.15) is 17.5 Å². The Kier molecular flexibility index (Phi) is 6.14. The average Bonchev–Trinajstić information content (AvgIpc) is 2.75. The van der Waals surface area contributed by atoms with Gasteiger partial charge in [-0.3, -0.25) is 4.57 Å². The van der Waals surface area contributed by atoms with Gasteiger partial charge in [0.15, 0.2) is 0 Å². The fourth-order valence-electron chi connectivity index (χ4n) is 1.33. The van der Waals surface area contributed by atoms with Crippen LogP contribution in [-0.4, -0.2) is 47.1 Å². The Hall–Kier alpha value is -0.940. The first kappa shape index (κ1) is 17.1. The maximum atomic E-state index is 11.4. The van der Waals surface area contributed by atoms with Crippen LogP contribution in [0, 0.1) is 0 Å². The van der Waals surface area contributed by atoms with Crippen LogP contribution in [0.4, 0.5) is 5.82 Å². The summed E-state index contributed by atoms with van der Waals surface area (Å²) in [5, 5.41) is 8.88. The molecule has 0 saturated carbocycles. The summed E-state index contributed by atoms with van der Waals surface area (Å²) >= 11 is 1.47. The second-order valence-electron chi connectivity index (χ2n) is 3.59. The molecule has 0 unspecified atom stereocenters. The first-order valence-electron chi connectivity index (χ1n) is 5.21. The molecular formula is C8H14N3O7PS. The van der Waals surface area contributed by atoms with Crippen LogP contribution >= 0.6 is 19.6 Å². The number of thioether (sulfide) groups is 1. The second kappa shape index (κ2) is 7.18. The predicted octanol–water partition coefficient (Wildman–Crippen LogP) is -1.52. The summed E-state index contributed by atoms with van der Waals surface area (Å²) in [5.41, 5.74) is 4.67. The third kappa shape index (κ3) is 6.01. The lowest BCUT2D eigenvalue weighted by molar-refractivity contribution is -0.00629. The Morgan fingerprint density at radius 1 is 1.55 bits per heavy atom. The van der Waals surface area contributed by atoms with Gasteiger partial charge >= 0.3 is 13.5 Å². The van der Waals surface area contributed by atoms with Gasteiger partial charge in [-0.05, 0) is 6.07 Å². The van der Waals surface area contributed by atoms with E-state index in [0.29, 0.717) is 5.75 Å². The van der Waals surface area contributed by atoms with E-state index in [4.69, 9.17) is 34.8 Å². The van der Waals surface area contributed by atoms with Crippen molar-refractivity contribution in [2.45, 2.75) is 11.7 Å². The molecule has 1 aromatic heterocycles. The highest BCUT2D eigenvalue weighted by Crippen LogP contribution is 2.30. The topological polar surface area (TPSA) is 168 Å². The van der Waals surface area contributed by atoms with Gasteiger partial charge in [-0.15, -0.1) is 11.8 Å². The molecule has 12 heteroatoms. The monoisotopic (exact) mass is 327 g/mol. The first-order valence-corrected chi connectivity index (χ1v) is 7.83. The van der Waals surface area contributed by atoms with Gasteiger partial charge in [0.05, 0.1) is 6.61 Å². The molecule has 2 atom stereocenters. The van der Waals surface area contributed by atoms with Crippen molar-refractivity contribution < 1.29 is 29.1 Å². The van der Waals surface area contributed by atoms with Gasteiger partial charge in [-0.25, -0.2) is 9.36 Å². The molecule has 0 aliphatic carbocycles. The molecule has 114 valence electrons. The number of hydrogen-bond donors (Lipinski definition) is 5. The van der Waals surface area contributed by atoms with Crippen LogP contribution in [0.25, 0.3) is 0 Å². The Bertz CT molecular complexity index is 539. The third-order valence-electron chi connectivity index (χ3n) is 2.04. The minimum absolute atomic E-state index is 0.0572. The Balaban J connectivity index is 0.000000347. The van der Waals surface area contributed by atoms with Gasteiger partial charge in [-0.2, -0.15) is 4.98 Å². The van der Waals surface area contributed by atoms with Crippen LogP contribution in [-0.2, 0) is 9.30 Å². The molecule has 0 spiro atoms. The number of ether oxygens (including phenoxy) is 1. The summed E-state index contributed by atoms with van der Waals surface area (Å²) in [4.78, 5) is 36.6. The van der Waals surface area contributed by atoms with Crippen LogP contribution in [0.2, 0.25) is 0 Å². The van der Waals surface area contributed by atoms with Crippen molar-refractivity contribution in [2.24, 2.45) is 0 Å². The van der Waals surface area contributed by atoms with E-state index in [1.807, 2.05) is 0 Å². The average molecular weight is 327 g/mol. The summed E-state index contributed by atoms with van der Waals surface area (Å²) in [5.74, 6) is 0.817. The molecule has 1 saturated heterocycles. The van der Waals surface area contributed by atoms with E-state index in [2.05, 4.69) is 4.98 Å². The zero-order chi connectivity index (χ0) is 15.3. The molecule has 0 radical (unpaired) electrons. The number of hydrogen-bond acceptors (Lipinski definition) is 7. The summed E-state index contributed by atoms with van der Waals surface area (Å²) in [7, 11) is -4.64. The number of aliphatic hydroxyl groups excluding tert-OH is 1. The quantitative estimate of drug-likeness (QED) is 0.402. The number of nitrogen functional groups attached to an aromatic ring is 1. The van der Waals surface area contributed by atoms with E-state index < -0.39 is 13.5 Å². The molecule has 1 aliphatic rings. The predicted molar refractivity (Wildman–Crippen MR) is 70.6 cm³/mol. The second-order valence-corrected chi connectivity index (χ2v) is 5.81. The van der Waals surface area contributed by atoms with Crippen LogP contribution in [0.15, 0.2) is 17.1 Å². The Morgan fingerprint density at radius 3 is 2.60 bits per heavy atom. The van der Waals surface area contributed by atoms with Crippen molar-refractivity contribution in [2.75, 3.05) is 18.1 Å². The van der Waals surface area contributed by atoms with E-state index >= 15 is 0 Å². The molecule has 1 aromatic rings. The number of aromatic nitrogens is 2. The summed E-state index contributed by atoms with van der Waals surface area (Å²) in [6, 6.07) is 1.54. The van der Waals surface area contributed by atoms with Crippen molar-refractivity contribution >= 4 is 25.4 Å².